The van der Waals surface area contributed by atoms with E-state index < -0.39 is 44.4 Å². The predicted molar refractivity (Wildman–Crippen MR) is 120 cm³/mol. The topological polar surface area (TPSA) is 167 Å². The fourth-order valence-electron chi connectivity index (χ4n) is 3.99. The molecular formula is C22H23FN4O7S. The summed E-state index contributed by atoms with van der Waals surface area (Å²) in [6, 6.07) is 3.85. The SMILES string of the molecule is Cc1ccc(F)c([C@@H](C)[C@H](NS(=O)(=O)c2cc3c(cc2C(N)=O)OCCO3)c2n[nH]c(=O)o2)c1C. The first-order valence-electron chi connectivity index (χ1n) is 10.6. The van der Waals surface area contributed by atoms with Crippen LogP contribution in [0.15, 0.2) is 38.4 Å². The van der Waals surface area contributed by atoms with Gasteiger partial charge in [-0.3, -0.25) is 4.79 Å². The van der Waals surface area contributed by atoms with Gasteiger partial charge in [-0.1, -0.05) is 13.0 Å². The molecule has 1 aliphatic rings. The number of rotatable bonds is 7. The molecule has 1 aliphatic heterocycles. The van der Waals surface area contributed by atoms with Gasteiger partial charge < -0.3 is 19.6 Å². The normalized spacial score (nSPS) is 15.0. The number of ether oxygens (including phenoxy) is 2. The number of benzene rings is 2. The monoisotopic (exact) mass is 506 g/mol. The largest absolute Gasteiger partial charge is 0.486 e. The quantitative estimate of drug-likeness (QED) is 0.436. The zero-order valence-electron chi connectivity index (χ0n) is 19.0. The van der Waals surface area contributed by atoms with Crippen molar-refractivity contribution in [1.82, 2.24) is 14.9 Å². The van der Waals surface area contributed by atoms with E-state index in [2.05, 4.69) is 14.9 Å². The third-order valence-electron chi connectivity index (χ3n) is 5.89. The molecule has 0 spiro atoms. The number of aromatic amines is 1. The smallest absolute Gasteiger partial charge is 0.434 e. The third-order valence-corrected chi connectivity index (χ3v) is 7.37. The van der Waals surface area contributed by atoms with Gasteiger partial charge >= 0.3 is 5.76 Å². The van der Waals surface area contributed by atoms with Gasteiger partial charge in [-0.25, -0.2) is 22.7 Å². The van der Waals surface area contributed by atoms with Crippen molar-refractivity contribution >= 4 is 15.9 Å². The van der Waals surface area contributed by atoms with Gasteiger partial charge in [0.15, 0.2) is 11.5 Å². The van der Waals surface area contributed by atoms with E-state index in [9.17, 15) is 22.4 Å². The summed E-state index contributed by atoms with van der Waals surface area (Å²) in [5, 5.41) is 5.84. The molecule has 0 radical (unpaired) electrons. The fraction of sp³-hybridized carbons (Fsp3) is 0.318. The lowest BCUT2D eigenvalue weighted by Crippen LogP contribution is -2.34. The number of aryl methyl sites for hydroxylation is 1. The Morgan fingerprint density at radius 3 is 2.46 bits per heavy atom. The summed E-state index contributed by atoms with van der Waals surface area (Å²) < 4.78 is 60.3. The number of amides is 1. The lowest BCUT2D eigenvalue weighted by Gasteiger charge is -2.26. The molecule has 186 valence electrons. The van der Waals surface area contributed by atoms with E-state index in [4.69, 9.17) is 19.6 Å². The highest BCUT2D eigenvalue weighted by atomic mass is 32.2. The second-order valence-corrected chi connectivity index (χ2v) is 9.78. The van der Waals surface area contributed by atoms with Crippen molar-refractivity contribution in [3.05, 3.63) is 68.8 Å². The van der Waals surface area contributed by atoms with Crippen molar-refractivity contribution in [2.75, 3.05) is 13.2 Å². The van der Waals surface area contributed by atoms with Crippen LogP contribution in [-0.2, 0) is 10.0 Å². The van der Waals surface area contributed by atoms with E-state index in [1.54, 1.807) is 26.8 Å². The molecule has 2 atom stereocenters. The number of carbonyl (C=O) groups is 1. The molecule has 35 heavy (non-hydrogen) atoms. The van der Waals surface area contributed by atoms with E-state index in [0.29, 0.717) is 5.56 Å². The third kappa shape index (κ3) is 4.64. The molecule has 0 unspecified atom stereocenters. The van der Waals surface area contributed by atoms with E-state index in [0.717, 1.165) is 11.6 Å². The van der Waals surface area contributed by atoms with Crippen LogP contribution in [-0.4, -0.2) is 37.7 Å². The molecular weight excluding hydrogens is 483 g/mol. The zero-order chi connectivity index (χ0) is 25.5. The number of aromatic nitrogens is 2. The van der Waals surface area contributed by atoms with Gasteiger partial charge in [0.05, 0.1) is 10.5 Å². The van der Waals surface area contributed by atoms with Crippen LogP contribution in [0.5, 0.6) is 11.5 Å². The highest BCUT2D eigenvalue weighted by Crippen LogP contribution is 2.38. The number of halogens is 1. The van der Waals surface area contributed by atoms with Crippen LogP contribution < -0.4 is 25.7 Å². The number of carbonyl (C=O) groups excluding carboxylic acids is 1. The Labute approximate surface area is 199 Å². The summed E-state index contributed by atoms with van der Waals surface area (Å²) in [4.78, 5) is 23.3. The van der Waals surface area contributed by atoms with Gasteiger partial charge in [0.1, 0.15) is 25.1 Å². The van der Waals surface area contributed by atoms with Crippen LogP contribution in [0.4, 0.5) is 4.39 Å². The van der Waals surface area contributed by atoms with Crippen molar-refractivity contribution in [2.24, 2.45) is 5.73 Å². The second kappa shape index (κ2) is 9.15. The predicted octanol–water partition coefficient (Wildman–Crippen LogP) is 1.81. The van der Waals surface area contributed by atoms with Crippen LogP contribution in [0, 0.1) is 19.7 Å². The van der Waals surface area contributed by atoms with E-state index in [-0.39, 0.29) is 41.7 Å². The van der Waals surface area contributed by atoms with Gasteiger partial charge in [-0.15, -0.1) is 5.10 Å². The first-order chi connectivity index (χ1) is 16.5. The number of H-pyrrole nitrogens is 1. The highest BCUT2D eigenvalue weighted by Gasteiger charge is 2.35. The van der Waals surface area contributed by atoms with Gasteiger partial charge in [-0.2, -0.15) is 4.72 Å². The maximum Gasteiger partial charge on any atom is 0.434 e. The summed E-state index contributed by atoms with van der Waals surface area (Å²) >= 11 is 0. The van der Waals surface area contributed by atoms with Crippen LogP contribution >= 0.6 is 0 Å². The van der Waals surface area contributed by atoms with E-state index in [1.165, 1.54) is 12.1 Å². The lowest BCUT2D eigenvalue weighted by molar-refractivity contribution is 0.0995. The molecule has 4 rings (SSSR count). The van der Waals surface area contributed by atoms with Crippen molar-refractivity contribution in [3.63, 3.8) is 0 Å². The Bertz CT molecular complexity index is 1460. The molecule has 0 saturated carbocycles. The Balaban J connectivity index is 1.83. The van der Waals surface area contributed by atoms with Crippen LogP contribution in [0.25, 0.3) is 0 Å². The molecule has 0 saturated heterocycles. The molecule has 0 fully saturated rings. The minimum absolute atomic E-state index is 0.109. The van der Waals surface area contributed by atoms with Crippen molar-refractivity contribution in [3.8, 4) is 11.5 Å². The summed E-state index contributed by atoms with van der Waals surface area (Å²) in [7, 11) is -4.52. The minimum Gasteiger partial charge on any atom is -0.486 e. The summed E-state index contributed by atoms with van der Waals surface area (Å²) in [6.07, 6.45) is 0. The molecule has 3 aromatic rings. The Morgan fingerprint density at radius 1 is 1.20 bits per heavy atom. The van der Waals surface area contributed by atoms with Crippen molar-refractivity contribution in [1.29, 1.82) is 0 Å². The maximum atomic E-state index is 14.9. The first-order valence-corrected chi connectivity index (χ1v) is 12.0. The van der Waals surface area contributed by atoms with E-state index in [1.807, 2.05) is 0 Å². The van der Waals surface area contributed by atoms with E-state index >= 15 is 0 Å². The van der Waals surface area contributed by atoms with Gasteiger partial charge in [0, 0.05) is 12.0 Å². The number of fused-ring (bicyclic) bond motifs is 1. The summed E-state index contributed by atoms with van der Waals surface area (Å²) in [5.74, 6) is -3.42. The fourth-order valence-corrected chi connectivity index (χ4v) is 5.46. The molecule has 0 aliphatic carbocycles. The summed E-state index contributed by atoms with van der Waals surface area (Å²) in [6.45, 7) is 5.44. The van der Waals surface area contributed by atoms with Crippen molar-refractivity contribution < 1.29 is 31.5 Å². The number of primary amides is 1. The Morgan fingerprint density at radius 2 is 1.86 bits per heavy atom. The Kier molecular flexibility index (Phi) is 6.38. The average molecular weight is 507 g/mol. The molecule has 2 heterocycles. The number of hydrogen-bond donors (Lipinski definition) is 3. The Hall–Kier alpha value is -3.71. The molecule has 1 amide bonds. The maximum absolute atomic E-state index is 14.9. The van der Waals surface area contributed by atoms with Crippen LogP contribution in [0.2, 0.25) is 0 Å². The molecule has 2 aromatic carbocycles. The molecule has 13 heteroatoms. The second-order valence-electron chi connectivity index (χ2n) is 8.10. The highest BCUT2D eigenvalue weighted by molar-refractivity contribution is 7.89. The molecule has 4 N–H and O–H groups in total. The van der Waals surface area contributed by atoms with Crippen LogP contribution in [0.1, 0.15) is 51.8 Å². The van der Waals surface area contributed by atoms with Gasteiger partial charge in [0.2, 0.25) is 21.8 Å². The summed E-state index contributed by atoms with van der Waals surface area (Å²) in [5.41, 5.74) is 6.69. The minimum atomic E-state index is -4.52. The number of nitrogens with one attached hydrogen (secondary N) is 2. The van der Waals surface area contributed by atoms with Gasteiger partial charge in [0.25, 0.3) is 0 Å². The van der Waals surface area contributed by atoms with Gasteiger partial charge in [-0.05, 0) is 42.7 Å². The van der Waals surface area contributed by atoms with Crippen molar-refractivity contribution in [2.45, 2.75) is 37.6 Å². The standard InChI is InChI=1S/C22H23FN4O7S/c1-10-4-5-14(23)18(11(10)2)12(3)19(21-25-26-22(29)34-21)27-35(30,31)17-9-16-15(32-6-7-33-16)8-13(17)20(24)28/h4-5,8-9,12,19,27H,6-7H2,1-3H3,(H2,24,28)(H,26,29)/t12-,19+/m1/s1. The number of nitrogens with two attached hydrogens (primary N) is 1. The number of nitrogens with zero attached hydrogens (tertiary/aromatic N) is 1. The number of sulfonamides is 1. The lowest BCUT2D eigenvalue weighted by atomic mass is 9.88. The number of hydrogen-bond acceptors (Lipinski definition) is 8. The molecule has 11 nitrogen and oxygen atoms in total. The molecule has 1 aromatic heterocycles. The zero-order valence-corrected chi connectivity index (χ0v) is 19.9. The molecule has 0 bridgehead atoms. The van der Waals surface area contributed by atoms with Crippen LogP contribution in [0.3, 0.4) is 0 Å². The first kappa shape index (κ1) is 24.4. The average Bonchev–Trinajstić information content (AvgIpc) is 3.25.